The number of hydrogen-bond acceptors (Lipinski definition) is 35. The number of phenols is 22. The van der Waals surface area contributed by atoms with Gasteiger partial charge in [-0.2, -0.15) is 0 Å². The molecule has 4 aliphatic heterocycles. The van der Waals surface area contributed by atoms with Crippen molar-refractivity contribution in [3.8, 4) is 154 Å². The topological polar surface area (TPSA) is 612 Å². The number of esters is 6. The predicted molar refractivity (Wildman–Crippen MR) is 311 cm³/mol. The zero-order valence-electron chi connectivity index (χ0n) is 48.5. The van der Waals surface area contributed by atoms with Crippen molar-refractivity contribution in [3.63, 3.8) is 0 Å². The number of carbonyl (C=O) groups excluding carboxylic acids is 6. The van der Waals surface area contributed by atoms with E-state index in [9.17, 15) is 127 Å². The van der Waals surface area contributed by atoms with E-state index in [0.29, 0.717) is 42.5 Å². The van der Waals surface area contributed by atoms with Crippen LogP contribution in [-0.2, 0) is 34.8 Å². The lowest BCUT2D eigenvalue weighted by molar-refractivity contribution is -0.135. The van der Waals surface area contributed by atoms with Gasteiger partial charge in [-0.3, -0.25) is 0 Å². The molecule has 8 aromatic carbocycles. The Labute approximate surface area is 541 Å². The molecule has 0 amide bonds. The van der Waals surface area contributed by atoms with Crippen molar-refractivity contribution in [2.24, 2.45) is 0 Å². The van der Waals surface area contributed by atoms with Gasteiger partial charge < -0.3 is 146 Å². The third kappa shape index (κ3) is 9.99. The lowest BCUT2D eigenvalue weighted by atomic mass is 9.74. The van der Waals surface area contributed by atoms with E-state index in [4.69, 9.17) is 33.2 Å². The Bertz CT molecular complexity index is 4850. The molecule has 12 rings (SSSR count). The van der Waals surface area contributed by atoms with Crippen LogP contribution < -0.4 is 4.74 Å². The van der Waals surface area contributed by atoms with Crippen LogP contribution in [0.25, 0.3) is 22.3 Å². The summed E-state index contributed by atoms with van der Waals surface area (Å²) in [6.07, 6.45) is -16.4. The number of rotatable bonds is 7. The average Bonchev–Trinajstić information content (AvgIpc) is 0.725. The predicted octanol–water partition coefficient (Wildman–Crippen LogP) is 4.28. The van der Waals surface area contributed by atoms with Crippen molar-refractivity contribution in [2.75, 3.05) is 6.61 Å². The molecule has 506 valence electrons. The standard InChI is InChI=1S/C63H44O35/c64-21-2-1-14(3-22(21)65)54-32(94-58(86)15-4-24(67)43(75)25(68)5-15)11-17-31(93-54)12-23(66)37(42(17)74)40-39-41-38(51(83)53(85)52(39)84)36-20(10-30(73)47(79)50(36)82)62(90)98-57(56(40)97-63(41)91)55-33(95-59(87)16-6-26(69)44(76)27(70)7-16)13-92-60(88)18-8-28(71)45(77)48(80)34(18)35-19(61(89)96-55)9-29(72)46(78)49(35)81/h1-10,12,32-33,40,54-57,64-85H,11,13H2/t32-,33+,40+,54-,55+,56-,57+/m1/s1. The Morgan fingerprint density at radius 2 is 0.786 bits per heavy atom. The van der Waals surface area contributed by atoms with Gasteiger partial charge >= 0.3 is 35.8 Å². The molecule has 98 heavy (non-hydrogen) atoms. The molecule has 0 aromatic heterocycles. The van der Waals surface area contributed by atoms with Crippen molar-refractivity contribution in [3.05, 3.63) is 122 Å². The number of fused-ring (bicyclic) bond motifs is 8. The summed E-state index contributed by atoms with van der Waals surface area (Å²) >= 11 is 0. The molecule has 0 fully saturated rings. The largest absolute Gasteiger partial charge is 0.507 e. The minimum Gasteiger partial charge on any atom is -0.507 e. The minimum absolute atomic E-state index is 0.135. The van der Waals surface area contributed by atoms with Crippen LogP contribution in [0.1, 0.15) is 96.4 Å². The lowest BCUT2D eigenvalue weighted by Gasteiger charge is -2.43. The quantitative estimate of drug-likeness (QED) is 0.0601. The summed E-state index contributed by atoms with van der Waals surface area (Å²) in [7, 11) is 0. The summed E-state index contributed by atoms with van der Waals surface area (Å²) in [5, 5.41) is 244. The Hall–Kier alpha value is -14.0. The molecule has 2 bridgehead atoms. The number of aromatic hydroxyl groups is 22. The zero-order valence-corrected chi connectivity index (χ0v) is 48.5. The van der Waals surface area contributed by atoms with E-state index in [2.05, 4.69) is 0 Å². The van der Waals surface area contributed by atoms with E-state index in [0.717, 1.165) is 18.2 Å². The van der Waals surface area contributed by atoms with Crippen molar-refractivity contribution >= 4 is 35.8 Å². The van der Waals surface area contributed by atoms with Crippen LogP contribution in [0.15, 0.2) is 66.7 Å². The molecule has 0 saturated carbocycles. The fraction of sp³-hybridized carbons (Fsp3) is 0.143. The van der Waals surface area contributed by atoms with Crippen LogP contribution in [-0.4, -0.2) is 185 Å². The molecule has 7 atom stereocenters. The Morgan fingerprint density at radius 3 is 1.29 bits per heavy atom. The minimum atomic E-state index is -3.11. The SMILES string of the molecule is O=C(O[C@H]1COC(=O)c2cc(O)c(O)c(O)c2-c2c(cc(O)c(O)c2O)C(=O)O[C@@H]1[C@@H]1OC(=O)c2cc(O)c(O)c(O)c2-c2c(O)c(O)c(O)c3c2C(=O)O[C@@H]1[C@H]3c1c(O)cc2c(c1O)C[C@@H](OC(=O)c1cc(O)c(O)c(O)c1)[C@@H](c1ccc(O)c(O)c1)O2)c1cc(O)c(O)c(O)c1. The zero-order chi connectivity index (χ0) is 71.0. The Morgan fingerprint density at radius 1 is 0.347 bits per heavy atom. The third-order valence-corrected chi connectivity index (χ3v) is 16.5. The van der Waals surface area contributed by atoms with Crippen molar-refractivity contribution in [2.45, 2.75) is 49.0 Å². The third-order valence-electron chi connectivity index (χ3n) is 16.5. The molecule has 4 aliphatic rings. The summed E-state index contributed by atoms with van der Waals surface area (Å²) in [5.41, 5.74) is -15.0. The van der Waals surface area contributed by atoms with Gasteiger partial charge in [-0.15, -0.1) is 0 Å². The molecular formula is C63H44O35. The number of phenolic OH excluding ortho intramolecular Hbond substituents is 22. The van der Waals surface area contributed by atoms with Gasteiger partial charge in [0.25, 0.3) is 0 Å². The smallest absolute Gasteiger partial charge is 0.339 e. The van der Waals surface area contributed by atoms with Crippen LogP contribution in [0.3, 0.4) is 0 Å². The highest BCUT2D eigenvalue weighted by atomic mass is 16.6. The number of ether oxygens (including phenoxy) is 7. The fourth-order valence-electron chi connectivity index (χ4n) is 11.9. The normalized spacial score (nSPS) is 19.3. The summed E-state index contributed by atoms with van der Waals surface area (Å²) in [5.74, 6) is -44.2. The second kappa shape index (κ2) is 22.9. The maximum absolute atomic E-state index is 15.4. The molecule has 0 saturated heterocycles. The van der Waals surface area contributed by atoms with Crippen LogP contribution in [0.5, 0.6) is 132 Å². The second-order valence-electron chi connectivity index (χ2n) is 22.2. The van der Waals surface area contributed by atoms with Gasteiger partial charge in [0.1, 0.15) is 30.0 Å². The molecule has 4 heterocycles. The first-order chi connectivity index (χ1) is 46.2. The molecule has 35 nitrogen and oxygen atoms in total. The average molecular weight is 1360 g/mol. The van der Waals surface area contributed by atoms with E-state index < -0.39 is 296 Å². The number of hydrogen-bond donors (Lipinski definition) is 22. The molecule has 0 spiro atoms. The first-order valence-electron chi connectivity index (χ1n) is 27.8. The molecular weight excluding hydrogens is 1320 g/mol. The molecule has 0 aliphatic carbocycles. The first-order valence-corrected chi connectivity index (χ1v) is 27.8. The fourth-order valence-corrected chi connectivity index (χ4v) is 11.9. The summed E-state index contributed by atoms with van der Waals surface area (Å²) in [4.78, 5) is 89.2. The maximum Gasteiger partial charge on any atom is 0.339 e. The summed E-state index contributed by atoms with van der Waals surface area (Å²) in [6, 6.07) is 6.81. The highest BCUT2D eigenvalue weighted by molar-refractivity contribution is 6.11. The summed E-state index contributed by atoms with van der Waals surface area (Å²) in [6.45, 7) is -1.69. The molecule has 0 unspecified atom stereocenters. The van der Waals surface area contributed by atoms with Crippen molar-refractivity contribution in [1.29, 1.82) is 0 Å². The van der Waals surface area contributed by atoms with Gasteiger partial charge in [-0.25, -0.2) is 28.8 Å². The lowest BCUT2D eigenvalue weighted by Crippen LogP contribution is -2.56. The van der Waals surface area contributed by atoms with E-state index >= 15 is 14.4 Å². The number of benzene rings is 8. The van der Waals surface area contributed by atoms with E-state index in [1.165, 1.54) is 0 Å². The van der Waals surface area contributed by atoms with Crippen LogP contribution in [0.2, 0.25) is 0 Å². The van der Waals surface area contributed by atoms with Gasteiger partial charge in [0.2, 0.25) is 23.0 Å². The molecule has 0 radical (unpaired) electrons. The summed E-state index contributed by atoms with van der Waals surface area (Å²) < 4.78 is 41.3. The monoisotopic (exact) mass is 1360 g/mol. The van der Waals surface area contributed by atoms with E-state index in [1.54, 1.807) is 0 Å². The van der Waals surface area contributed by atoms with E-state index in [1.807, 2.05) is 0 Å². The van der Waals surface area contributed by atoms with Crippen molar-refractivity contribution < 1.29 is 174 Å². The molecule has 8 aromatic rings. The Balaban J connectivity index is 1.14. The van der Waals surface area contributed by atoms with Gasteiger partial charge in [0.15, 0.2) is 123 Å². The maximum atomic E-state index is 15.4. The van der Waals surface area contributed by atoms with Crippen LogP contribution in [0, 0.1) is 0 Å². The van der Waals surface area contributed by atoms with Gasteiger partial charge in [0.05, 0.1) is 39.3 Å². The molecule has 22 N–H and O–H groups in total. The number of cyclic esters (lactones) is 3. The van der Waals surface area contributed by atoms with Gasteiger partial charge in [-0.1, -0.05) is 6.07 Å². The van der Waals surface area contributed by atoms with Crippen LogP contribution in [0.4, 0.5) is 0 Å². The number of carbonyl (C=O) groups is 6. The van der Waals surface area contributed by atoms with E-state index in [-0.39, 0.29) is 11.6 Å². The molecule has 35 heteroatoms. The van der Waals surface area contributed by atoms with Crippen LogP contribution >= 0.6 is 0 Å². The van der Waals surface area contributed by atoms with Gasteiger partial charge in [-0.05, 0) is 54.6 Å². The first kappa shape index (κ1) is 64.1. The van der Waals surface area contributed by atoms with Crippen molar-refractivity contribution in [1.82, 2.24) is 0 Å². The highest BCUT2D eigenvalue weighted by Gasteiger charge is 2.57. The second-order valence-corrected chi connectivity index (χ2v) is 22.2. The highest BCUT2D eigenvalue weighted by Crippen LogP contribution is 2.62. The van der Waals surface area contributed by atoms with Gasteiger partial charge in [0, 0.05) is 57.0 Å². The Kier molecular flexibility index (Phi) is 15.0.